The summed E-state index contributed by atoms with van der Waals surface area (Å²) in [5.74, 6) is -1.71. The Morgan fingerprint density at radius 3 is 2.42 bits per heavy atom. The van der Waals surface area contributed by atoms with Crippen molar-refractivity contribution in [3.8, 4) is 17.0 Å². The number of nitrogens with one attached hydrogen (secondary N) is 1. The molecule has 1 aromatic heterocycles. The first-order chi connectivity index (χ1) is 17.1. The minimum atomic E-state index is -0.969. The molecule has 1 atom stereocenters. The number of anilines is 1. The predicted molar refractivity (Wildman–Crippen MR) is 132 cm³/mol. The molecule has 1 aliphatic rings. The Morgan fingerprint density at radius 2 is 1.81 bits per heavy atom. The first-order valence-corrected chi connectivity index (χ1v) is 11.4. The van der Waals surface area contributed by atoms with Crippen molar-refractivity contribution >= 4 is 23.3 Å². The topological polar surface area (TPSA) is 122 Å². The summed E-state index contributed by atoms with van der Waals surface area (Å²) in [5.41, 5.74) is 1.43. The molecule has 2 aromatic carbocycles. The number of nitrogens with zero attached hydrogens (tertiary/aromatic N) is 2. The molecular formula is C27H27N3O6. The number of aliphatic hydroxyl groups excluding tert-OH is 1. The van der Waals surface area contributed by atoms with Crippen LogP contribution in [0.4, 0.5) is 5.69 Å². The SMILES string of the molecule is CNC(=O)COc1ccccc1C1C(C(=O)C(C)(C)C)=C(O)C(=O)N1c1ccc(-c2ccon2)cc1. The van der Waals surface area contributed by atoms with Crippen molar-refractivity contribution in [3.63, 3.8) is 0 Å². The van der Waals surface area contributed by atoms with Gasteiger partial charge in [0.25, 0.3) is 11.8 Å². The third-order valence-corrected chi connectivity index (χ3v) is 5.86. The maximum Gasteiger partial charge on any atom is 0.294 e. The number of benzene rings is 2. The molecule has 0 bridgehead atoms. The van der Waals surface area contributed by atoms with Crippen molar-refractivity contribution in [1.29, 1.82) is 0 Å². The molecule has 2 N–H and O–H groups in total. The molecule has 3 aromatic rings. The van der Waals surface area contributed by atoms with Crippen molar-refractivity contribution in [2.75, 3.05) is 18.6 Å². The molecule has 0 radical (unpaired) electrons. The predicted octanol–water partition coefficient (Wildman–Crippen LogP) is 3.98. The third kappa shape index (κ3) is 4.59. The normalized spacial score (nSPS) is 15.8. The highest BCUT2D eigenvalue weighted by Gasteiger charge is 2.47. The van der Waals surface area contributed by atoms with Crippen LogP contribution in [0.1, 0.15) is 32.4 Å². The van der Waals surface area contributed by atoms with Gasteiger partial charge in [-0.15, -0.1) is 0 Å². The van der Waals surface area contributed by atoms with Gasteiger partial charge in [-0.1, -0.05) is 56.3 Å². The van der Waals surface area contributed by atoms with Crippen LogP contribution in [0.2, 0.25) is 0 Å². The van der Waals surface area contributed by atoms with Crippen LogP contribution in [0.3, 0.4) is 0 Å². The zero-order valence-corrected chi connectivity index (χ0v) is 20.4. The van der Waals surface area contributed by atoms with E-state index in [1.165, 1.54) is 18.2 Å². The number of Topliss-reactive ketones (excluding diaryl/α,β-unsaturated/α-hetero) is 1. The lowest BCUT2D eigenvalue weighted by Crippen LogP contribution is -2.33. The molecule has 9 nitrogen and oxygen atoms in total. The maximum absolute atomic E-state index is 13.5. The summed E-state index contributed by atoms with van der Waals surface area (Å²) in [5, 5.41) is 17.4. The van der Waals surface area contributed by atoms with Crippen LogP contribution in [0.25, 0.3) is 11.3 Å². The summed E-state index contributed by atoms with van der Waals surface area (Å²) in [4.78, 5) is 40.1. The highest BCUT2D eigenvalue weighted by Crippen LogP contribution is 2.46. The van der Waals surface area contributed by atoms with Crippen LogP contribution in [0.5, 0.6) is 5.75 Å². The van der Waals surface area contributed by atoms with E-state index in [0.717, 1.165) is 5.56 Å². The minimum Gasteiger partial charge on any atom is -0.503 e. The highest BCUT2D eigenvalue weighted by molar-refractivity contribution is 6.17. The Bertz CT molecular complexity index is 1320. The van der Waals surface area contributed by atoms with Crippen LogP contribution in [-0.2, 0) is 14.4 Å². The van der Waals surface area contributed by atoms with Gasteiger partial charge in [0, 0.05) is 35.3 Å². The zero-order chi connectivity index (χ0) is 26.0. The summed E-state index contributed by atoms with van der Waals surface area (Å²) in [7, 11) is 1.50. The lowest BCUT2D eigenvalue weighted by atomic mass is 9.82. The van der Waals surface area contributed by atoms with Crippen LogP contribution in [0.15, 0.2) is 76.7 Å². The van der Waals surface area contributed by atoms with E-state index in [9.17, 15) is 19.5 Å². The van der Waals surface area contributed by atoms with Gasteiger partial charge in [0.15, 0.2) is 18.1 Å². The lowest BCUT2D eigenvalue weighted by molar-refractivity contribution is -0.123. The van der Waals surface area contributed by atoms with E-state index in [-0.39, 0.29) is 23.9 Å². The number of carbonyl (C=O) groups excluding carboxylic acids is 3. The van der Waals surface area contributed by atoms with E-state index in [1.807, 2.05) is 0 Å². The average molecular weight is 490 g/mol. The van der Waals surface area contributed by atoms with Crippen molar-refractivity contribution in [2.24, 2.45) is 5.41 Å². The molecule has 0 saturated heterocycles. The second-order valence-corrected chi connectivity index (χ2v) is 9.35. The molecule has 1 aliphatic heterocycles. The van der Waals surface area contributed by atoms with E-state index in [0.29, 0.717) is 22.7 Å². The van der Waals surface area contributed by atoms with Crippen molar-refractivity contribution in [1.82, 2.24) is 10.5 Å². The van der Waals surface area contributed by atoms with Gasteiger partial charge in [0.05, 0.1) is 11.6 Å². The van der Waals surface area contributed by atoms with Gasteiger partial charge >= 0.3 is 0 Å². The Kier molecular flexibility index (Phi) is 6.65. The Morgan fingerprint density at radius 1 is 1.11 bits per heavy atom. The monoisotopic (exact) mass is 489 g/mol. The van der Waals surface area contributed by atoms with Gasteiger partial charge < -0.3 is 19.7 Å². The number of amides is 2. The van der Waals surface area contributed by atoms with Crippen molar-refractivity contribution < 1.29 is 28.8 Å². The Hall–Kier alpha value is -4.40. The average Bonchev–Trinajstić information content (AvgIpc) is 3.49. The second-order valence-electron chi connectivity index (χ2n) is 9.35. The van der Waals surface area contributed by atoms with Crippen LogP contribution >= 0.6 is 0 Å². The second kappa shape index (κ2) is 9.69. The standard InChI is InChI=1S/C27H27N3O6/c1-27(2,3)25(33)22-23(18-7-5-6-8-20(18)35-15-21(31)28-4)30(26(34)24(22)32)17-11-9-16(10-12-17)19-13-14-36-29-19/h5-14,23,32H,15H2,1-4H3,(H,28,31). The summed E-state index contributed by atoms with van der Waals surface area (Å²) in [6.07, 6.45) is 1.46. The molecule has 0 spiro atoms. The van der Waals surface area contributed by atoms with Gasteiger partial charge in [-0.3, -0.25) is 19.3 Å². The van der Waals surface area contributed by atoms with Gasteiger partial charge in [0.2, 0.25) is 0 Å². The first kappa shape index (κ1) is 24.7. The molecule has 186 valence electrons. The summed E-state index contributed by atoms with van der Waals surface area (Å²) < 4.78 is 10.7. The summed E-state index contributed by atoms with van der Waals surface area (Å²) in [6, 6.07) is 14.5. The van der Waals surface area contributed by atoms with Gasteiger partial charge in [-0.25, -0.2) is 0 Å². The molecule has 2 amide bonds. The van der Waals surface area contributed by atoms with Gasteiger partial charge in [-0.2, -0.15) is 0 Å². The zero-order valence-electron chi connectivity index (χ0n) is 20.4. The fraction of sp³-hybridized carbons (Fsp3) is 0.259. The molecular weight excluding hydrogens is 462 g/mol. The molecule has 36 heavy (non-hydrogen) atoms. The number of carbonyl (C=O) groups is 3. The molecule has 1 unspecified atom stereocenters. The van der Waals surface area contributed by atoms with E-state index in [4.69, 9.17) is 9.26 Å². The van der Waals surface area contributed by atoms with Crippen LogP contribution in [-0.4, -0.2) is 41.5 Å². The van der Waals surface area contributed by atoms with E-state index >= 15 is 0 Å². The fourth-order valence-electron chi connectivity index (χ4n) is 4.01. The number of hydrogen-bond donors (Lipinski definition) is 2. The molecule has 9 heteroatoms. The first-order valence-electron chi connectivity index (χ1n) is 11.4. The Balaban J connectivity index is 1.83. The van der Waals surface area contributed by atoms with Crippen molar-refractivity contribution in [2.45, 2.75) is 26.8 Å². The maximum atomic E-state index is 13.5. The van der Waals surface area contributed by atoms with E-state index < -0.39 is 23.1 Å². The number of aromatic nitrogens is 1. The fourth-order valence-corrected chi connectivity index (χ4v) is 4.01. The summed E-state index contributed by atoms with van der Waals surface area (Å²) in [6.45, 7) is 4.92. The van der Waals surface area contributed by atoms with E-state index in [1.54, 1.807) is 75.4 Å². The smallest absolute Gasteiger partial charge is 0.294 e. The van der Waals surface area contributed by atoms with E-state index in [2.05, 4.69) is 10.5 Å². The molecule has 4 rings (SSSR count). The molecule has 0 aliphatic carbocycles. The lowest BCUT2D eigenvalue weighted by Gasteiger charge is -2.30. The largest absolute Gasteiger partial charge is 0.503 e. The number of para-hydroxylation sites is 1. The number of aliphatic hydroxyl groups is 1. The number of likely N-dealkylation sites (N-methyl/N-ethyl adjacent to an activating group) is 1. The number of rotatable bonds is 7. The number of hydrogen-bond acceptors (Lipinski definition) is 7. The minimum absolute atomic E-state index is 0.0240. The Labute approximate surface area is 208 Å². The molecule has 0 fully saturated rings. The van der Waals surface area contributed by atoms with Crippen LogP contribution in [0, 0.1) is 5.41 Å². The summed E-state index contributed by atoms with van der Waals surface area (Å²) >= 11 is 0. The third-order valence-electron chi connectivity index (χ3n) is 5.86. The molecule has 2 heterocycles. The van der Waals surface area contributed by atoms with Crippen molar-refractivity contribution in [3.05, 3.63) is 77.8 Å². The highest BCUT2D eigenvalue weighted by atomic mass is 16.5. The van der Waals surface area contributed by atoms with Gasteiger partial charge in [0.1, 0.15) is 17.7 Å². The molecule has 0 saturated carbocycles. The van der Waals surface area contributed by atoms with Gasteiger partial charge in [-0.05, 0) is 18.2 Å². The quantitative estimate of drug-likeness (QED) is 0.515. The van der Waals surface area contributed by atoms with Crippen LogP contribution < -0.4 is 15.0 Å². The number of ketones is 1. The number of ether oxygens (including phenoxy) is 1.